The average molecular weight is 265 g/mol. The molecule has 0 bridgehead atoms. The Balaban J connectivity index is 2.09. The normalized spacial score (nSPS) is 10.7. The minimum Gasteiger partial charge on any atom is -0.497 e. The lowest BCUT2D eigenvalue weighted by Gasteiger charge is -2.06. The van der Waals surface area contributed by atoms with Gasteiger partial charge in [0.25, 0.3) is 0 Å². The second kappa shape index (κ2) is 5.21. The van der Waals surface area contributed by atoms with Crippen LogP contribution in [0.1, 0.15) is 15.9 Å². The van der Waals surface area contributed by atoms with Crippen molar-refractivity contribution in [3.05, 3.63) is 65.9 Å². The molecule has 0 radical (unpaired) electrons. The highest BCUT2D eigenvalue weighted by atomic mass is 16.5. The number of aromatic nitrogens is 1. The molecule has 0 amide bonds. The summed E-state index contributed by atoms with van der Waals surface area (Å²) in [5, 5.41) is 0.926. The minimum atomic E-state index is 0.690. The van der Waals surface area contributed by atoms with E-state index in [4.69, 9.17) is 4.74 Å². The number of aldehydes is 1. The van der Waals surface area contributed by atoms with Crippen LogP contribution < -0.4 is 4.74 Å². The van der Waals surface area contributed by atoms with Crippen LogP contribution in [0.4, 0.5) is 0 Å². The summed E-state index contributed by atoms with van der Waals surface area (Å²) in [5.74, 6) is 0.762. The first-order valence-corrected chi connectivity index (χ1v) is 6.48. The monoisotopic (exact) mass is 265 g/mol. The van der Waals surface area contributed by atoms with Gasteiger partial charge in [-0.05, 0) is 23.8 Å². The first-order valence-electron chi connectivity index (χ1n) is 6.48. The number of hydrogen-bond donors (Lipinski definition) is 0. The molecule has 0 unspecified atom stereocenters. The molecule has 0 aliphatic carbocycles. The van der Waals surface area contributed by atoms with E-state index in [1.165, 1.54) is 5.56 Å². The molecule has 3 heteroatoms. The van der Waals surface area contributed by atoms with Gasteiger partial charge in [0.1, 0.15) is 5.75 Å². The summed E-state index contributed by atoms with van der Waals surface area (Å²) in [7, 11) is 1.63. The van der Waals surface area contributed by atoms with Crippen molar-refractivity contribution in [3.8, 4) is 5.75 Å². The van der Waals surface area contributed by atoms with Gasteiger partial charge in [0.05, 0.1) is 7.11 Å². The number of fused-ring (bicyclic) bond motifs is 1. The van der Waals surface area contributed by atoms with Crippen molar-refractivity contribution >= 4 is 17.2 Å². The van der Waals surface area contributed by atoms with Crippen LogP contribution in [0, 0.1) is 0 Å². The van der Waals surface area contributed by atoms with E-state index >= 15 is 0 Å². The van der Waals surface area contributed by atoms with E-state index in [0.717, 1.165) is 29.5 Å². The number of carbonyl (C=O) groups is 1. The molecule has 1 heterocycles. The SMILES string of the molecule is COc1ccc2c(c1)c(C=O)cn2Cc1ccccc1. The van der Waals surface area contributed by atoms with Crippen LogP contribution in [0.2, 0.25) is 0 Å². The number of rotatable bonds is 4. The van der Waals surface area contributed by atoms with Gasteiger partial charge < -0.3 is 9.30 Å². The van der Waals surface area contributed by atoms with Crippen molar-refractivity contribution < 1.29 is 9.53 Å². The van der Waals surface area contributed by atoms with E-state index in [1.807, 2.05) is 42.6 Å². The van der Waals surface area contributed by atoms with E-state index in [0.29, 0.717) is 5.56 Å². The van der Waals surface area contributed by atoms with Crippen LogP contribution in [-0.2, 0) is 6.54 Å². The summed E-state index contributed by atoms with van der Waals surface area (Å²) in [4.78, 5) is 11.2. The standard InChI is InChI=1S/C17H15NO2/c1-20-15-7-8-17-16(9-15)14(12-19)11-18(17)10-13-5-3-2-4-6-13/h2-9,11-12H,10H2,1H3. The van der Waals surface area contributed by atoms with Gasteiger partial charge in [-0.1, -0.05) is 30.3 Å². The smallest absolute Gasteiger partial charge is 0.152 e. The lowest BCUT2D eigenvalue weighted by atomic mass is 10.2. The van der Waals surface area contributed by atoms with Crippen molar-refractivity contribution in [2.24, 2.45) is 0 Å². The van der Waals surface area contributed by atoms with Gasteiger partial charge in [-0.3, -0.25) is 4.79 Å². The summed E-state index contributed by atoms with van der Waals surface area (Å²) >= 11 is 0. The fraction of sp³-hybridized carbons (Fsp3) is 0.118. The summed E-state index contributed by atoms with van der Waals surface area (Å²) in [6.45, 7) is 0.748. The molecular weight excluding hydrogens is 250 g/mol. The third kappa shape index (κ3) is 2.18. The number of benzene rings is 2. The van der Waals surface area contributed by atoms with Gasteiger partial charge in [0, 0.05) is 29.2 Å². The lowest BCUT2D eigenvalue weighted by molar-refractivity contribution is 0.112. The van der Waals surface area contributed by atoms with Crippen LogP contribution in [0.15, 0.2) is 54.7 Å². The molecule has 20 heavy (non-hydrogen) atoms. The Morgan fingerprint density at radius 1 is 1.15 bits per heavy atom. The average Bonchev–Trinajstić information content (AvgIpc) is 2.85. The quantitative estimate of drug-likeness (QED) is 0.676. The molecule has 0 saturated carbocycles. The molecule has 3 rings (SSSR count). The van der Waals surface area contributed by atoms with Crippen LogP contribution in [-0.4, -0.2) is 18.0 Å². The Labute approximate surface area is 117 Å². The topological polar surface area (TPSA) is 31.2 Å². The third-order valence-electron chi connectivity index (χ3n) is 3.44. The zero-order chi connectivity index (χ0) is 13.9. The highest BCUT2D eigenvalue weighted by Crippen LogP contribution is 2.25. The van der Waals surface area contributed by atoms with Gasteiger partial charge in [-0.2, -0.15) is 0 Å². The van der Waals surface area contributed by atoms with Crippen molar-refractivity contribution in [1.82, 2.24) is 4.57 Å². The number of hydrogen-bond acceptors (Lipinski definition) is 2. The number of methoxy groups -OCH3 is 1. The zero-order valence-corrected chi connectivity index (χ0v) is 11.2. The molecule has 100 valence electrons. The molecule has 0 aliphatic heterocycles. The fourth-order valence-electron chi connectivity index (χ4n) is 2.44. The summed E-state index contributed by atoms with van der Waals surface area (Å²) in [6.07, 6.45) is 2.79. The maximum absolute atomic E-state index is 11.2. The number of ether oxygens (including phenoxy) is 1. The molecule has 0 saturated heterocycles. The van der Waals surface area contributed by atoms with Crippen LogP contribution >= 0.6 is 0 Å². The summed E-state index contributed by atoms with van der Waals surface area (Å²) in [6, 6.07) is 16.0. The molecule has 0 aliphatic rings. The van der Waals surface area contributed by atoms with Gasteiger partial charge in [0.15, 0.2) is 6.29 Å². The number of nitrogens with zero attached hydrogens (tertiary/aromatic N) is 1. The highest BCUT2D eigenvalue weighted by Gasteiger charge is 2.09. The van der Waals surface area contributed by atoms with Crippen molar-refractivity contribution in [1.29, 1.82) is 0 Å². The lowest BCUT2D eigenvalue weighted by Crippen LogP contribution is -1.97. The fourth-order valence-corrected chi connectivity index (χ4v) is 2.44. The van der Waals surface area contributed by atoms with E-state index < -0.39 is 0 Å². The minimum absolute atomic E-state index is 0.690. The predicted molar refractivity (Wildman–Crippen MR) is 79.4 cm³/mol. The molecular formula is C17H15NO2. The Hall–Kier alpha value is -2.55. The first kappa shape index (κ1) is 12.5. The highest BCUT2D eigenvalue weighted by molar-refractivity contribution is 5.98. The van der Waals surface area contributed by atoms with Gasteiger partial charge in [0.2, 0.25) is 0 Å². The Morgan fingerprint density at radius 3 is 2.65 bits per heavy atom. The first-order chi connectivity index (χ1) is 9.81. The van der Waals surface area contributed by atoms with Crippen LogP contribution in [0.5, 0.6) is 5.75 Å². The van der Waals surface area contributed by atoms with Gasteiger partial charge >= 0.3 is 0 Å². The summed E-state index contributed by atoms with van der Waals surface area (Å²) < 4.78 is 7.32. The Bertz CT molecular complexity index is 744. The van der Waals surface area contributed by atoms with E-state index in [-0.39, 0.29) is 0 Å². The third-order valence-corrected chi connectivity index (χ3v) is 3.44. The maximum Gasteiger partial charge on any atom is 0.152 e. The largest absolute Gasteiger partial charge is 0.497 e. The Morgan fingerprint density at radius 2 is 1.95 bits per heavy atom. The molecule has 0 fully saturated rings. The summed E-state index contributed by atoms with van der Waals surface area (Å²) in [5.41, 5.74) is 2.93. The van der Waals surface area contributed by atoms with E-state index in [1.54, 1.807) is 7.11 Å². The van der Waals surface area contributed by atoms with Crippen molar-refractivity contribution in [2.75, 3.05) is 7.11 Å². The molecule has 3 aromatic rings. The molecule has 2 aromatic carbocycles. The van der Waals surface area contributed by atoms with Crippen molar-refractivity contribution in [2.45, 2.75) is 6.54 Å². The molecule has 3 nitrogen and oxygen atoms in total. The van der Waals surface area contributed by atoms with Crippen LogP contribution in [0.3, 0.4) is 0 Å². The molecule has 0 N–H and O–H groups in total. The zero-order valence-electron chi connectivity index (χ0n) is 11.2. The predicted octanol–water partition coefficient (Wildman–Crippen LogP) is 3.51. The van der Waals surface area contributed by atoms with Gasteiger partial charge in [-0.15, -0.1) is 0 Å². The second-order valence-electron chi connectivity index (χ2n) is 4.70. The second-order valence-corrected chi connectivity index (χ2v) is 4.70. The molecule has 0 atom stereocenters. The van der Waals surface area contributed by atoms with Crippen LogP contribution in [0.25, 0.3) is 10.9 Å². The Kier molecular flexibility index (Phi) is 3.25. The molecule has 0 spiro atoms. The maximum atomic E-state index is 11.2. The van der Waals surface area contributed by atoms with Crippen molar-refractivity contribution in [3.63, 3.8) is 0 Å². The molecule has 1 aromatic heterocycles. The number of carbonyl (C=O) groups excluding carboxylic acids is 1. The van der Waals surface area contributed by atoms with Gasteiger partial charge in [-0.25, -0.2) is 0 Å². The van der Waals surface area contributed by atoms with E-state index in [2.05, 4.69) is 16.7 Å². The van der Waals surface area contributed by atoms with E-state index in [9.17, 15) is 4.79 Å².